The van der Waals surface area contributed by atoms with Crippen molar-refractivity contribution in [2.24, 2.45) is 0 Å². The summed E-state index contributed by atoms with van der Waals surface area (Å²) in [6, 6.07) is 22.5. The third-order valence-electron chi connectivity index (χ3n) is 4.78. The highest BCUT2D eigenvalue weighted by molar-refractivity contribution is 6.00. The number of benzene rings is 3. The first-order valence-electron chi connectivity index (χ1n) is 8.67. The van der Waals surface area contributed by atoms with Crippen LogP contribution in [-0.4, -0.2) is 21.9 Å². The van der Waals surface area contributed by atoms with Crippen molar-refractivity contribution >= 4 is 11.8 Å². The van der Waals surface area contributed by atoms with E-state index in [4.69, 9.17) is 5.21 Å². The van der Waals surface area contributed by atoms with Crippen LogP contribution in [0.1, 0.15) is 31.8 Å². The van der Waals surface area contributed by atoms with Gasteiger partial charge in [-0.05, 0) is 40.5 Å². The predicted molar refractivity (Wildman–Crippen MR) is 101 cm³/mol. The molecule has 27 heavy (non-hydrogen) atoms. The number of hydroxylamine groups is 1. The van der Waals surface area contributed by atoms with Gasteiger partial charge in [0.25, 0.3) is 11.8 Å². The van der Waals surface area contributed by atoms with Crippen molar-refractivity contribution in [1.29, 1.82) is 0 Å². The zero-order valence-corrected chi connectivity index (χ0v) is 14.6. The van der Waals surface area contributed by atoms with E-state index in [0.717, 1.165) is 22.3 Å². The number of carbonyl (C=O) groups is 2. The van der Waals surface area contributed by atoms with Crippen LogP contribution in [-0.2, 0) is 13.1 Å². The van der Waals surface area contributed by atoms with Crippen LogP contribution in [0, 0.1) is 0 Å². The van der Waals surface area contributed by atoms with E-state index in [1.165, 1.54) is 0 Å². The lowest BCUT2D eigenvalue weighted by Crippen LogP contribution is -2.23. The normalized spacial score (nSPS) is 12.8. The van der Waals surface area contributed by atoms with Gasteiger partial charge in [0.2, 0.25) is 0 Å². The molecule has 1 aliphatic rings. The van der Waals surface area contributed by atoms with Gasteiger partial charge < -0.3 is 4.90 Å². The Bertz CT molecular complexity index is 1020. The number of fused-ring (bicyclic) bond motifs is 1. The minimum absolute atomic E-state index is 0.0176. The molecule has 3 aromatic carbocycles. The maximum Gasteiger partial charge on any atom is 0.275 e. The Kier molecular flexibility index (Phi) is 4.44. The van der Waals surface area contributed by atoms with Gasteiger partial charge in [-0.25, -0.2) is 5.48 Å². The number of amides is 2. The Hall–Kier alpha value is -3.44. The Balaban J connectivity index is 1.67. The van der Waals surface area contributed by atoms with Crippen LogP contribution >= 0.6 is 0 Å². The van der Waals surface area contributed by atoms with Crippen LogP contribution in [0.25, 0.3) is 11.1 Å². The van der Waals surface area contributed by atoms with Gasteiger partial charge >= 0.3 is 0 Å². The summed E-state index contributed by atoms with van der Waals surface area (Å²) in [6.07, 6.45) is 0. The largest absolute Gasteiger partial charge is 0.330 e. The van der Waals surface area contributed by atoms with Crippen molar-refractivity contribution in [3.05, 3.63) is 95.1 Å². The minimum Gasteiger partial charge on any atom is -0.330 e. The Labute approximate surface area is 156 Å². The lowest BCUT2D eigenvalue weighted by Gasteiger charge is -2.17. The van der Waals surface area contributed by atoms with Crippen molar-refractivity contribution < 1.29 is 14.8 Å². The smallest absolute Gasteiger partial charge is 0.275 e. The summed E-state index contributed by atoms with van der Waals surface area (Å²) in [5, 5.41) is 9.04. The van der Waals surface area contributed by atoms with Crippen LogP contribution in [0.3, 0.4) is 0 Å². The monoisotopic (exact) mass is 358 g/mol. The zero-order valence-electron chi connectivity index (χ0n) is 14.6. The van der Waals surface area contributed by atoms with Gasteiger partial charge in [-0.3, -0.25) is 14.8 Å². The summed E-state index contributed by atoms with van der Waals surface area (Å²) in [4.78, 5) is 26.4. The molecule has 0 saturated heterocycles. The van der Waals surface area contributed by atoms with Crippen molar-refractivity contribution in [2.75, 3.05) is 0 Å². The number of hydrogen-bond donors (Lipinski definition) is 2. The molecule has 0 aliphatic carbocycles. The molecular formula is C22H18N2O3. The van der Waals surface area contributed by atoms with E-state index >= 15 is 0 Å². The van der Waals surface area contributed by atoms with E-state index in [-0.39, 0.29) is 5.91 Å². The first kappa shape index (κ1) is 17.0. The maximum absolute atomic E-state index is 12.6. The summed E-state index contributed by atoms with van der Waals surface area (Å²) < 4.78 is 0. The molecule has 2 N–H and O–H groups in total. The predicted octanol–water partition coefficient (Wildman–Crippen LogP) is 3.63. The van der Waals surface area contributed by atoms with E-state index in [0.29, 0.717) is 24.2 Å². The van der Waals surface area contributed by atoms with Crippen molar-refractivity contribution in [1.82, 2.24) is 10.4 Å². The third-order valence-corrected chi connectivity index (χ3v) is 4.78. The number of nitrogens with zero attached hydrogens (tertiary/aromatic N) is 1. The summed E-state index contributed by atoms with van der Waals surface area (Å²) in [5.74, 6) is -0.547. The number of hydrogen-bond acceptors (Lipinski definition) is 3. The second-order valence-corrected chi connectivity index (χ2v) is 6.51. The fourth-order valence-corrected chi connectivity index (χ4v) is 3.47. The van der Waals surface area contributed by atoms with Crippen molar-refractivity contribution in [2.45, 2.75) is 13.1 Å². The van der Waals surface area contributed by atoms with Crippen LogP contribution in [0.2, 0.25) is 0 Å². The summed E-state index contributed by atoms with van der Waals surface area (Å²) in [6.45, 7) is 1.03. The fraction of sp³-hybridized carbons (Fsp3) is 0.0909. The molecule has 0 unspecified atom stereocenters. The van der Waals surface area contributed by atoms with E-state index < -0.39 is 5.91 Å². The molecule has 0 radical (unpaired) electrons. The molecule has 134 valence electrons. The first-order chi connectivity index (χ1) is 13.2. The number of nitrogens with one attached hydrogen (secondary N) is 1. The summed E-state index contributed by atoms with van der Waals surface area (Å²) >= 11 is 0. The van der Waals surface area contributed by atoms with Crippen molar-refractivity contribution in [3.63, 3.8) is 0 Å². The molecule has 0 bridgehead atoms. The van der Waals surface area contributed by atoms with Gasteiger partial charge in [-0.1, -0.05) is 54.6 Å². The lowest BCUT2D eigenvalue weighted by molar-refractivity contribution is 0.0706. The molecule has 4 rings (SSSR count). The molecule has 5 heteroatoms. The van der Waals surface area contributed by atoms with Gasteiger partial charge in [0, 0.05) is 24.2 Å². The molecule has 0 fully saturated rings. The van der Waals surface area contributed by atoms with E-state index in [1.54, 1.807) is 16.4 Å². The van der Waals surface area contributed by atoms with Crippen molar-refractivity contribution in [3.8, 4) is 11.1 Å². The minimum atomic E-state index is -0.565. The molecule has 3 aromatic rings. The summed E-state index contributed by atoms with van der Waals surface area (Å²) in [7, 11) is 0. The summed E-state index contributed by atoms with van der Waals surface area (Å²) in [5.41, 5.74) is 6.36. The van der Waals surface area contributed by atoms with Crippen LogP contribution in [0.5, 0.6) is 0 Å². The molecular weight excluding hydrogens is 340 g/mol. The molecule has 1 heterocycles. The zero-order chi connectivity index (χ0) is 18.8. The second-order valence-electron chi connectivity index (χ2n) is 6.51. The van der Waals surface area contributed by atoms with Gasteiger partial charge in [0.05, 0.1) is 0 Å². The van der Waals surface area contributed by atoms with Crippen LogP contribution in [0.4, 0.5) is 0 Å². The van der Waals surface area contributed by atoms with Gasteiger partial charge in [0.1, 0.15) is 0 Å². The molecule has 0 saturated carbocycles. The Morgan fingerprint density at radius 3 is 2.44 bits per heavy atom. The number of rotatable bonds is 4. The third kappa shape index (κ3) is 3.20. The maximum atomic E-state index is 12.6. The van der Waals surface area contributed by atoms with E-state index in [9.17, 15) is 9.59 Å². The first-order valence-corrected chi connectivity index (χ1v) is 8.67. The molecule has 0 atom stereocenters. The van der Waals surface area contributed by atoms with E-state index in [1.807, 2.05) is 66.7 Å². The highest BCUT2D eigenvalue weighted by Crippen LogP contribution is 2.28. The van der Waals surface area contributed by atoms with Crippen LogP contribution < -0.4 is 5.48 Å². The standard InChI is InChI=1S/C22H18N2O3/c25-21(23-27)19-11-10-15(12-20(19)16-6-2-1-3-7-16)13-24-14-17-8-4-5-9-18(17)22(24)26/h1-12,27H,13-14H2,(H,23,25). The topological polar surface area (TPSA) is 69.6 Å². The Morgan fingerprint density at radius 2 is 1.70 bits per heavy atom. The van der Waals surface area contributed by atoms with Crippen LogP contribution in [0.15, 0.2) is 72.8 Å². The molecule has 0 aromatic heterocycles. The molecule has 5 nitrogen and oxygen atoms in total. The Morgan fingerprint density at radius 1 is 0.963 bits per heavy atom. The SMILES string of the molecule is O=C(NO)c1ccc(CN2Cc3ccccc3C2=O)cc1-c1ccccc1. The molecule has 0 spiro atoms. The van der Waals surface area contributed by atoms with Gasteiger partial charge in [-0.2, -0.15) is 0 Å². The highest BCUT2D eigenvalue weighted by atomic mass is 16.5. The number of carbonyl (C=O) groups excluding carboxylic acids is 2. The highest BCUT2D eigenvalue weighted by Gasteiger charge is 2.27. The lowest BCUT2D eigenvalue weighted by atomic mass is 9.96. The quantitative estimate of drug-likeness (QED) is 0.553. The van der Waals surface area contributed by atoms with Gasteiger partial charge in [0.15, 0.2) is 0 Å². The second kappa shape index (κ2) is 7.05. The van der Waals surface area contributed by atoms with Gasteiger partial charge in [-0.15, -0.1) is 0 Å². The molecule has 1 aliphatic heterocycles. The van der Waals surface area contributed by atoms with E-state index in [2.05, 4.69) is 0 Å². The molecule has 2 amide bonds. The average molecular weight is 358 g/mol. The average Bonchev–Trinajstić information content (AvgIpc) is 3.03. The fourth-order valence-electron chi connectivity index (χ4n) is 3.47.